The van der Waals surface area contributed by atoms with Crippen LogP contribution in [-0.2, 0) is 19.8 Å². The van der Waals surface area contributed by atoms with Crippen LogP contribution in [0.3, 0.4) is 0 Å². The molecule has 0 fully saturated rings. The summed E-state index contributed by atoms with van der Waals surface area (Å²) in [5.41, 5.74) is 0. The largest absolute Gasteiger partial charge is 0.395 e. The Morgan fingerprint density at radius 3 is 2.10 bits per heavy atom. The van der Waals surface area contributed by atoms with E-state index in [1.807, 2.05) is 0 Å². The second kappa shape index (κ2) is 7.04. The van der Waals surface area contributed by atoms with Crippen molar-refractivity contribution in [3.05, 3.63) is 30.3 Å². The van der Waals surface area contributed by atoms with Gasteiger partial charge in [0.25, 0.3) is 10.0 Å². The van der Waals surface area contributed by atoms with Gasteiger partial charge in [0.2, 0.25) is 0 Å². The van der Waals surface area contributed by atoms with Crippen molar-refractivity contribution < 1.29 is 17.7 Å². The van der Waals surface area contributed by atoms with Crippen LogP contribution in [0.5, 0.6) is 0 Å². The minimum atomic E-state index is -3.77. The molecule has 0 saturated carbocycles. The summed E-state index contributed by atoms with van der Waals surface area (Å²) in [6.45, 7) is 5.85. The molecule has 120 valence electrons. The molecule has 0 aliphatic rings. The average Bonchev–Trinajstić information content (AvgIpc) is 2.37. The molecule has 1 rings (SSSR count). The number of hydrogen-bond acceptors (Lipinski definition) is 4. The molecule has 8 heteroatoms. The molecule has 0 amide bonds. The maximum atomic E-state index is 12.8. The van der Waals surface area contributed by atoms with Crippen LogP contribution in [0.2, 0.25) is 25.7 Å². The van der Waals surface area contributed by atoms with Crippen molar-refractivity contribution in [1.29, 1.82) is 0 Å². The van der Waals surface area contributed by atoms with Crippen molar-refractivity contribution in [3.8, 4) is 0 Å². The first kappa shape index (κ1) is 18.3. The first-order valence-electron chi connectivity index (χ1n) is 6.73. The summed E-state index contributed by atoms with van der Waals surface area (Å²) in [4.78, 5) is 0.343. The average molecular weight is 350 g/mol. The van der Waals surface area contributed by atoms with Crippen molar-refractivity contribution in [1.82, 2.24) is 0 Å². The minimum Gasteiger partial charge on any atom is -0.395 e. The fraction of sp³-hybridized carbons (Fsp3) is 0.538. The number of sulfonamides is 1. The number of rotatable bonds is 7. The molecule has 21 heavy (non-hydrogen) atoms. The quantitative estimate of drug-likeness (QED) is 0.765. The topological polar surface area (TPSA) is 83.8 Å². The van der Waals surface area contributed by atoms with Crippen LogP contribution >= 0.6 is 0 Å². The fourth-order valence-corrected chi connectivity index (χ4v) is 8.57. The lowest BCUT2D eigenvalue weighted by atomic mass is 10.4. The lowest BCUT2D eigenvalue weighted by molar-refractivity contribution is 0.321. The van der Waals surface area contributed by atoms with Gasteiger partial charge in [0, 0.05) is 13.0 Å². The molecular formula is C13H23NO4S2Si. The number of benzene rings is 1. The second-order valence-corrected chi connectivity index (χ2v) is 16.0. The highest BCUT2D eigenvalue weighted by Crippen LogP contribution is 2.18. The smallest absolute Gasteiger partial charge is 0.260 e. The van der Waals surface area contributed by atoms with Gasteiger partial charge in [-0.3, -0.25) is 0 Å². The van der Waals surface area contributed by atoms with Crippen LogP contribution in [0.25, 0.3) is 0 Å². The standard InChI is InChI=1S/C13H23NO4S2Si/c1-21(2,3)12-11-20(17,18)14-19(16,10-9-15)13-7-5-4-6-8-13/h4-8,15H,9-12H2,1-3H3. The van der Waals surface area contributed by atoms with Crippen molar-refractivity contribution in [2.45, 2.75) is 30.6 Å². The first-order chi connectivity index (χ1) is 9.58. The summed E-state index contributed by atoms with van der Waals surface area (Å²) in [7, 11) is -8.43. The van der Waals surface area contributed by atoms with E-state index in [4.69, 9.17) is 5.11 Å². The van der Waals surface area contributed by atoms with Gasteiger partial charge in [-0.25, -0.2) is 12.6 Å². The maximum absolute atomic E-state index is 12.8. The number of aliphatic hydroxyl groups is 1. The summed E-state index contributed by atoms with van der Waals surface area (Å²) in [6, 6.07) is 8.84. The normalized spacial score (nSPS) is 15.4. The van der Waals surface area contributed by atoms with Gasteiger partial charge in [-0.15, -0.1) is 3.77 Å². The predicted octanol–water partition coefficient (Wildman–Crippen LogP) is 2.17. The Balaban J connectivity index is 3.19. The molecule has 0 heterocycles. The highest BCUT2D eigenvalue weighted by Gasteiger charge is 2.22. The Kier molecular flexibility index (Phi) is 6.15. The van der Waals surface area contributed by atoms with Crippen LogP contribution in [0, 0.1) is 0 Å². The van der Waals surface area contributed by atoms with Crippen molar-refractivity contribution in [3.63, 3.8) is 0 Å². The van der Waals surface area contributed by atoms with Crippen LogP contribution in [0.4, 0.5) is 0 Å². The maximum Gasteiger partial charge on any atom is 0.260 e. The Morgan fingerprint density at radius 1 is 1.05 bits per heavy atom. The zero-order chi connectivity index (χ0) is 16.1. The van der Waals surface area contributed by atoms with E-state index in [-0.39, 0.29) is 18.1 Å². The highest BCUT2D eigenvalue weighted by atomic mass is 32.3. The molecular weight excluding hydrogens is 326 g/mol. The molecule has 0 saturated heterocycles. The van der Waals surface area contributed by atoms with Crippen LogP contribution in [-0.4, -0.2) is 43.9 Å². The van der Waals surface area contributed by atoms with Gasteiger partial charge in [-0.05, 0) is 18.2 Å². The highest BCUT2D eigenvalue weighted by molar-refractivity contribution is 8.03. The number of nitrogens with zero attached hydrogens (tertiary/aromatic N) is 1. The van der Waals surface area contributed by atoms with Gasteiger partial charge in [-0.1, -0.05) is 37.8 Å². The van der Waals surface area contributed by atoms with E-state index in [0.29, 0.717) is 10.9 Å². The lowest BCUT2D eigenvalue weighted by Crippen LogP contribution is -2.24. The molecule has 1 atom stereocenters. The molecule has 0 spiro atoms. The Bertz CT molecular complexity index is 672. The zero-order valence-electron chi connectivity index (χ0n) is 12.7. The summed E-state index contributed by atoms with van der Waals surface area (Å²) < 4.78 is 40.8. The van der Waals surface area contributed by atoms with Gasteiger partial charge in [0.05, 0.1) is 27.8 Å². The molecule has 0 bridgehead atoms. The number of aliphatic hydroxyl groups excluding tert-OH is 1. The Morgan fingerprint density at radius 2 is 1.62 bits per heavy atom. The molecule has 1 aromatic rings. The van der Waals surface area contributed by atoms with Gasteiger partial charge in [0.15, 0.2) is 0 Å². The zero-order valence-corrected chi connectivity index (χ0v) is 15.3. The predicted molar refractivity (Wildman–Crippen MR) is 89.2 cm³/mol. The van der Waals surface area contributed by atoms with Crippen LogP contribution < -0.4 is 0 Å². The molecule has 0 aliphatic carbocycles. The van der Waals surface area contributed by atoms with Gasteiger partial charge < -0.3 is 5.11 Å². The van der Waals surface area contributed by atoms with Crippen molar-refractivity contribution in [2.24, 2.45) is 3.77 Å². The van der Waals surface area contributed by atoms with Crippen LogP contribution in [0.1, 0.15) is 0 Å². The third-order valence-electron chi connectivity index (χ3n) is 2.82. The SMILES string of the molecule is C[Si](C)(C)CCS(=O)(=O)N=S(=O)(CCO)c1ccccc1. The lowest BCUT2D eigenvalue weighted by Gasteiger charge is -2.15. The summed E-state index contributed by atoms with van der Waals surface area (Å²) in [5.74, 6) is -0.263. The molecule has 0 aromatic heterocycles. The first-order valence-corrected chi connectivity index (χ1v) is 13.7. The molecule has 5 nitrogen and oxygen atoms in total. The van der Waals surface area contributed by atoms with E-state index < -0.39 is 27.8 Å². The van der Waals surface area contributed by atoms with E-state index in [2.05, 4.69) is 23.4 Å². The van der Waals surface area contributed by atoms with E-state index in [9.17, 15) is 12.6 Å². The monoisotopic (exact) mass is 349 g/mol. The second-order valence-electron chi connectivity index (χ2n) is 6.05. The molecule has 0 radical (unpaired) electrons. The molecule has 1 unspecified atom stereocenters. The summed E-state index contributed by atoms with van der Waals surface area (Å²) >= 11 is 0. The van der Waals surface area contributed by atoms with E-state index in [0.717, 1.165) is 0 Å². The summed E-state index contributed by atoms with van der Waals surface area (Å²) in [6.07, 6.45) is 0. The molecule has 1 N–H and O–H groups in total. The third kappa shape index (κ3) is 6.29. The van der Waals surface area contributed by atoms with Gasteiger partial charge in [-0.2, -0.15) is 0 Å². The van der Waals surface area contributed by atoms with E-state index in [1.54, 1.807) is 30.3 Å². The van der Waals surface area contributed by atoms with Crippen LogP contribution in [0.15, 0.2) is 39.0 Å². The van der Waals surface area contributed by atoms with E-state index in [1.165, 1.54) is 0 Å². The summed E-state index contributed by atoms with van der Waals surface area (Å²) in [5, 5.41) is 9.09. The van der Waals surface area contributed by atoms with Crippen molar-refractivity contribution in [2.75, 3.05) is 18.1 Å². The van der Waals surface area contributed by atoms with Gasteiger partial charge >= 0.3 is 0 Å². The molecule has 1 aromatic carbocycles. The third-order valence-corrected chi connectivity index (χ3v) is 9.27. The fourth-order valence-electron chi connectivity index (χ4n) is 1.61. The number of hydrogen-bond donors (Lipinski definition) is 1. The van der Waals surface area contributed by atoms with Gasteiger partial charge in [0.1, 0.15) is 0 Å². The van der Waals surface area contributed by atoms with E-state index >= 15 is 0 Å². The Labute approximate surface area is 128 Å². The minimum absolute atomic E-state index is 0.0853. The Hall–Kier alpha value is -0.703. The van der Waals surface area contributed by atoms with Crippen molar-refractivity contribution >= 4 is 27.8 Å². The molecule has 0 aliphatic heterocycles.